The molecule has 3 aromatic rings. The summed E-state index contributed by atoms with van der Waals surface area (Å²) in [6.07, 6.45) is 0.441. The van der Waals surface area contributed by atoms with Crippen LogP contribution in [0.4, 0.5) is 21.5 Å². The van der Waals surface area contributed by atoms with Crippen LogP contribution in [0.25, 0.3) is 0 Å². The van der Waals surface area contributed by atoms with Crippen LogP contribution in [0.5, 0.6) is 5.75 Å². The molecule has 1 atom stereocenters. The number of nitrogens with one attached hydrogen (secondary N) is 2. The van der Waals surface area contributed by atoms with E-state index in [9.17, 15) is 27.5 Å². The van der Waals surface area contributed by atoms with E-state index in [4.69, 9.17) is 16.4 Å². The zero-order chi connectivity index (χ0) is 24.5. The van der Waals surface area contributed by atoms with E-state index < -0.39 is 31.5 Å². The Balaban J connectivity index is 1.88. The second kappa shape index (κ2) is 9.48. The largest absolute Gasteiger partial charge is 0.504 e. The van der Waals surface area contributed by atoms with Gasteiger partial charge in [0.1, 0.15) is 22.1 Å². The van der Waals surface area contributed by atoms with E-state index in [0.717, 1.165) is 19.7 Å². The number of hydroxylamine groups is 1. The molecule has 0 saturated carbocycles. The van der Waals surface area contributed by atoms with Gasteiger partial charge in [0.15, 0.2) is 5.75 Å². The third kappa shape index (κ3) is 4.86. The molecule has 3 rings (SSSR count). The van der Waals surface area contributed by atoms with Crippen molar-refractivity contribution in [2.75, 3.05) is 24.8 Å². The van der Waals surface area contributed by atoms with E-state index in [-0.39, 0.29) is 33.9 Å². The molecule has 0 unspecified atom stereocenters. The fourth-order valence-corrected chi connectivity index (χ4v) is 4.74. The molecule has 0 bridgehead atoms. The zero-order valence-corrected chi connectivity index (χ0v) is 19.4. The number of aromatic hydroxyl groups is 1. The van der Waals surface area contributed by atoms with Gasteiger partial charge in [-0.25, -0.2) is 12.8 Å². The summed E-state index contributed by atoms with van der Waals surface area (Å²) in [7, 11) is -2.07. The van der Waals surface area contributed by atoms with Crippen molar-refractivity contribution in [3.05, 3.63) is 73.2 Å². The standard InChI is InChI=1S/C21H21ClFN3O6S/c1-11(10-12-4-6-13(23)7-5-12)24-16-17(20(29)19(16)28)25-15-9-8-14(22)21(18(15)27)33(30,31)26(2)32-3/h4-9,11,24-25,27H,10H2,1-3H3/t11-/m0/s1. The molecule has 3 N–H and O–H groups in total. The summed E-state index contributed by atoms with van der Waals surface area (Å²) >= 11 is 5.99. The van der Waals surface area contributed by atoms with Crippen LogP contribution in [0.3, 0.4) is 0 Å². The summed E-state index contributed by atoms with van der Waals surface area (Å²) in [6.45, 7) is 1.77. The lowest BCUT2D eigenvalue weighted by molar-refractivity contribution is -0.0259. The maximum atomic E-state index is 13.1. The molecule has 0 aliphatic carbocycles. The van der Waals surface area contributed by atoms with Gasteiger partial charge in [-0.15, -0.1) is 0 Å². The van der Waals surface area contributed by atoms with E-state index >= 15 is 0 Å². The Hall–Kier alpha value is -2.99. The van der Waals surface area contributed by atoms with Crippen LogP contribution >= 0.6 is 11.6 Å². The maximum absolute atomic E-state index is 13.1. The normalized spacial score (nSPS) is 12.8. The van der Waals surface area contributed by atoms with Crippen molar-refractivity contribution in [3.63, 3.8) is 0 Å². The smallest absolute Gasteiger partial charge is 0.269 e. The molecule has 33 heavy (non-hydrogen) atoms. The highest BCUT2D eigenvalue weighted by molar-refractivity contribution is 7.89. The lowest BCUT2D eigenvalue weighted by Gasteiger charge is -2.21. The second-order valence-electron chi connectivity index (χ2n) is 7.28. The van der Waals surface area contributed by atoms with Gasteiger partial charge < -0.3 is 15.7 Å². The minimum absolute atomic E-state index is 0.0117. The molecule has 0 aliphatic heterocycles. The van der Waals surface area contributed by atoms with Crippen LogP contribution in [0.15, 0.2) is 50.9 Å². The van der Waals surface area contributed by atoms with Crippen LogP contribution in [0, 0.1) is 5.82 Å². The van der Waals surface area contributed by atoms with E-state index in [1.165, 1.54) is 24.3 Å². The molecule has 0 radical (unpaired) electrons. The molecule has 0 heterocycles. The third-order valence-corrected chi connectivity index (χ3v) is 7.14. The highest BCUT2D eigenvalue weighted by Crippen LogP contribution is 2.39. The van der Waals surface area contributed by atoms with E-state index in [1.54, 1.807) is 19.1 Å². The zero-order valence-electron chi connectivity index (χ0n) is 17.8. The Morgan fingerprint density at radius 3 is 2.33 bits per heavy atom. The van der Waals surface area contributed by atoms with Gasteiger partial charge in [-0.2, -0.15) is 0 Å². The maximum Gasteiger partial charge on any atom is 0.269 e. The van der Waals surface area contributed by atoms with Crippen molar-refractivity contribution in [2.45, 2.75) is 24.3 Å². The number of sulfonamides is 1. The molecule has 9 nitrogen and oxygen atoms in total. The summed E-state index contributed by atoms with van der Waals surface area (Å²) in [5.41, 5.74) is -1.07. The molecule has 0 amide bonds. The monoisotopic (exact) mass is 497 g/mol. The number of rotatable bonds is 9. The average Bonchev–Trinajstić information content (AvgIpc) is 2.77. The SMILES string of the molecule is CON(C)S(=O)(=O)c1c(Cl)ccc(Nc2c(N[C@@H](C)Cc3ccc(F)cc3)c(=O)c2=O)c1O. The highest BCUT2D eigenvalue weighted by Gasteiger charge is 2.30. The lowest BCUT2D eigenvalue weighted by atomic mass is 10.1. The number of benzene rings is 2. The first-order valence-electron chi connectivity index (χ1n) is 9.63. The van der Waals surface area contributed by atoms with Crippen molar-refractivity contribution < 1.29 is 22.8 Å². The first-order chi connectivity index (χ1) is 15.5. The first-order valence-corrected chi connectivity index (χ1v) is 11.4. The van der Waals surface area contributed by atoms with E-state index in [0.29, 0.717) is 10.9 Å². The van der Waals surface area contributed by atoms with Gasteiger partial charge in [0.2, 0.25) is 0 Å². The molecule has 3 aromatic carbocycles. The fourth-order valence-electron chi connectivity index (χ4n) is 3.17. The highest BCUT2D eigenvalue weighted by atomic mass is 35.5. The van der Waals surface area contributed by atoms with Crippen molar-refractivity contribution in [2.24, 2.45) is 0 Å². The Bertz CT molecular complexity index is 1350. The Labute approximate surface area is 194 Å². The number of hydrogen-bond acceptors (Lipinski definition) is 8. The van der Waals surface area contributed by atoms with Crippen molar-refractivity contribution >= 4 is 38.7 Å². The first kappa shape index (κ1) is 24.6. The van der Waals surface area contributed by atoms with Crippen molar-refractivity contribution in [3.8, 4) is 5.75 Å². The van der Waals surface area contributed by atoms with Crippen LogP contribution in [0.1, 0.15) is 12.5 Å². The predicted molar refractivity (Wildman–Crippen MR) is 123 cm³/mol. The molecular formula is C21H21ClFN3O6S. The summed E-state index contributed by atoms with van der Waals surface area (Å²) in [5.74, 6) is -1.11. The molecule has 176 valence electrons. The van der Waals surface area contributed by atoms with Crippen LogP contribution < -0.4 is 21.5 Å². The van der Waals surface area contributed by atoms with E-state index in [2.05, 4.69) is 10.6 Å². The molecule has 12 heteroatoms. The van der Waals surface area contributed by atoms with Gasteiger partial charge in [-0.3, -0.25) is 14.4 Å². The number of nitrogens with zero attached hydrogens (tertiary/aromatic N) is 1. The van der Waals surface area contributed by atoms with Gasteiger partial charge in [-0.1, -0.05) is 28.2 Å². The molecule has 0 aliphatic rings. The van der Waals surface area contributed by atoms with Gasteiger partial charge in [-0.05, 0) is 43.2 Å². The Morgan fingerprint density at radius 1 is 1.12 bits per heavy atom. The number of anilines is 3. The molecule has 0 spiro atoms. The number of halogens is 2. The summed E-state index contributed by atoms with van der Waals surface area (Å²) in [5, 5.41) is 15.9. The number of phenols is 1. The predicted octanol–water partition coefficient (Wildman–Crippen LogP) is 2.75. The Morgan fingerprint density at radius 2 is 1.73 bits per heavy atom. The minimum Gasteiger partial charge on any atom is -0.504 e. The summed E-state index contributed by atoms with van der Waals surface area (Å²) in [6, 6.07) is 8.05. The van der Waals surface area contributed by atoms with Crippen molar-refractivity contribution in [1.29, 1.82) is 0 Å². The van der Waals surface area contributed by atoms with Crippen LogP contribution in [-0.4, -0.2) is 38.2 Å². The Kier molecular flexibility index (Phi) is 7.08. The molecule has 0 saturated heterocycles. The number of hydrogen-bond donors (Lipinski definition) is 3. The molecular weight excluding hydrogens is 477 g/mol. The lowest BCUT2D eigenvalue weighted by Crippen LogP contribution is -2.38. The van der Waals surface area contributed by atoms with Gasteiger partial charge >= 0.3 is 0 Å². The topological polar surface area (TPSA) is 125 Å². The van der Waals surface area contributed by atoms with Crippen LogP contribution in [0.2, 0.25) is 5.02 Å². The third-order valence-electron chi connectivity index (χ3n) is 4.95. The van der Waals surface area contributed by atoms with Crippen molar-refractivity contribution in [1.82, 2.24) is 4.47 Å². The van der Waals surface area contributed by atoms with E-state index in [1.807, 2.05) is 0 Å². The second-order valence-corrected chi connectivity index (χ2v) is 9.56. The number of phenolic OH excluding ortho intramolecular Hbond substituents is 1. The van der Waals surface area contributed by atoms with Gasteiger partial charge in [0.25, 0.3) is 20.9 Å². The van der Waals surface area contributed by atoms with Gasteiger partial charge in [0, 0.05) is 13.1 Å². The van der Waals surface area contributed by atoms with Gasteiger partial charge in [0.05, 0.1) is 17.8 Å². The van der Waals surface area contributed by atoms with Crippen LogP contribution in [-0.2, 0) is 21.3 Å². The average molecular weight is 498 g/mol. The summed E-state index contributed by atoms with van der Waals surface area (Å²) in [4.78, 5) is 28.4. The fraction of sp³-hybridized carbons (Fsp3) is 0.238. The quantitative estimate of drug-likeness (QED) is 0.234. The molecule has 0 fully saturated rings. The minimum atomic E-state index is -4.31. The summed E-state index contributed by atoms with van der Waals surface area (Å²) < 4.78 is 38.8. The molecule has 0 aromatic heterocycles.